The zero-order valence-corrected chi connectivity index (χ0v) is 12.4. The average molecular weight is 270 g/mol. The molecule has 2 heteroatoms. The molecule has 0 saturated carbocycles. The van der Waals surface area contributed by atoms with Crippen LogP contribution in [-0.2, 0) is 19.3 Å². The van der Waals surface area contributed by atoms with Gasteiger partial charge in [0.2, 0.25) is 0 Å². The molecular formula is C18H22O2. The van der Waals surface area contributed by atoms with E-state index in [1.54, 1.807) is 12.1 Å². The molecule has 2 aromatic rings. The number of hydrogen-bond donors (Lipinski definition) is 2. The normalized spacial score (nSPS) is 10.8. The maximum Gasteiger partial charge on any atom is 0.127 e. The third-order valence-corrected chi connectivity index (χ3v) is 3.87. The number of aryl methyl sites for hydroxylation is 2. The van der Waals surface area contributed by atoms with Crippen molar-refractivity contribution in [1.29, 1.82) is 0 Å². The Hall–Kier alpha value is -1.96. The van der Waals surface area contributed by atoms with Gasteiger partial charge in [0.15, 0.2) is 0 Å². The van der Waals surface area contributed by atoms with Crippen molar-refractivity contribution in [2.24, 2.45) is 0 Å². The molecule has 0 aliphatic rings. The molecule has 0 amide bonds. The predicted octanol–water partition coefficient (Wildman–Crippen LogP) is 4.45. The quantitative estimate of drug-likeness (QED) is 0.861. The Morgan fingerprint density at radius 3 is 2.05 bits per heavy atom. The van der Waals surface area contributed by atoms with E-state index in [2.05, 4.69) is 26.8 Å². The summed E-state index contributed by atoms with van der Waals surface area (Å²) in [5.41, 5.74) is 4.75. The number of hydrogen-bond acceptors (Lipinski definition) is 2. The first-order chi connectivity index (χ1) is 9.63. The molecule has 0 radical (unpaired) electrons. The van der Waals surface area contributed by atoms with Crippen molar-refractivity contribution in [3.8, 4) is 22.6 Å². The van der Waals surface area contributed by atoms with Gasteiger partial charge < -0.3 is 10.2 Å². The Kier molecular flexibility index (Phi) is 4.33. The molecule has 0 bridgehead atoms. The third-order valence-electron chi connectivity index (χ3n) is 3.87. The van der Waals surface area contributed by atoms with Gasteiger partial charge in [-0.1, -0.05) is 45.0 Å². The first kappa shape index (κ1) is 14.4. The summed E-state index contributed by atoms with van der Waals surface area (Å²) in [6.45, 7) is 6.23. The Labute approximate surface area is 120 Å². The van der Waals surface area contributed by atoms with Gasteiger partial charge in [0, 0.05) is 11.1 Å². The molecule has 0 atom stereocenters. The van der Waals surface area contributed by atoms with Gasteiger partial charge in [-0.2, -0.15) is 0 Å². The Bertz CT molecular complexity index is 615. The molecular weight excluding hydrogens is 248 g/mol. The highest BCUT2D eigenvalue weighted by atomic mass is 16.3. The maximum absolute atomic E-state index is 10.7. The molecule has 0 aliphatic heterocycles. The molecule has 0 aromatic heterocycles. The van der Waals surface area contributed by atoms with Gasteiger partial charge in [-0.25, -0.2) is 0 Å². The fourth-order valence-electron chi connectivity index (χ4n) is 2.80. The van der Waals surface area contributed by atoms with E-state index in [0.29, 0.717) is 11.3 Å². The number of para-hydroxylation sites is 1. The second kappa shape index (κ2) is 6.00. The topological polar surface area (TPSA) is 40.5 Å². The van der Waals surface area contributed by atoms with E-state index in [-0.39, 0.29) is 5.75 Å². The van der Waals surface area contributed by atoms with Crippen molar-refractivity contribution < 1.29 is 10.2 Å². The van der Waals surface area contributed by atoms with Gasteiger partial charge >= 0.3 is 0 Å². The summed E-state index contributed by atoms with van der Waals surface area (Å²) in [5, 5.41) is 20.8. The minimum absolute atomic E-state index is 0.212. The minimum Gasteiger partial charge on any atom is -0.507 e. The van der Waals surface area contributed by atoms with Crippen LogP contribution < -0.4 is 0 Å². The molecule has 0 spiro atoms. The Morgan fingerprint density at radius 2 is 1.50 bits per heavy atom. The van der Waals surface area contributed by atoms with Crippen molar-refractivity contribution in [3.63, 3.8) is 0 Å². The molecule has 0 heterocycles. The molecule has 2 N–H and O–H groups in total. The van der Waals surface area contributed by atoms with Crippen LogP contribution in [0, 0.1) is 0 Å². The summed E-state index contributed by atoms with van der Waals surface area (Å²) in [7, 11) is 0. The third kappa shape index (κ3) is 2.38. The van der Waals surface area contributed by atoms with Gasteiger partial charge in [0.25, 0.3) is 0 Å². The second-order valence-corrected chi connectivity index (χ2v) is 4.97. The number of rotatable bonds is 4. The first-order valence-corrected chi connectivity index (χ1v) is 7.28. The smallest absolute Gasteiger partial charge is 0.127 e. The lowest BCUT2D eigenvalue weighted by Gasteiger charge is -2.18. The van der Waals surface area contributed by atoms with Gasteiger partial charge in [-0.3, -0.25) is 0 Å². The Balaban J connectivity index is 2.78. The van der Waals surface area contributed by atoms with Crippen molar-refractivity contribution in [2.45, 2.75) is 40.0 Å². The largest absolute Gasteiger partial charge is 0.507 e. The first-order valence-electron chi connectivity index (χ1n) is 7.28. The highest BCUT2D eigenvalue weighted by Gasteiger charge is 2.18. The fraction of sp³-hybridized carbons (Fsp3) is 0.333. The van der Waals surface area contributed by atoms with E-state index in [4.69, 9.17) is 0 Å². The number of phenolic OH excluding ortho intramolecular Hbond substituents is 2. The summed E-state index contributed by atoms with van der Waals surface area (Å²) in [6, 6.07) is 9.36. The van der Waals surface area contributed by atoms with Crippen molar-refractivity contribution in [2.75, 3.05) is 0 Å². The monoisotopic (exact) mass is 270 g/mol. The lowest BCUT2D eigenvalue weighted by atomic mass is 9.89. The molecule has 20 heavy (non-hydrogen) atoms. The Morgan fingerprint density at radius 1 is 0.850 bits per heavy atom. The van der Waals surface area contributed by atoms with Gasteiger partial charge in [0.05, 0.1) is 0 Å². The second-order valence-electron chi connectivity index (χ2n) is 4.97. The average Bonchev–Trinajstić information content (AvgIpc) is 2.47. The van der Waals surface area contributed by atoms with Gasteiger partial charge in [-0.05, 0) is 42.0 Å². The van der Waals surface area contributed by atoms with Crippen molar-refractivity contribution >= 4 is 0 Å². The molecule has 2 aromatic carbocycles. The van der Waals surface area contributed by atoms with Crippen LogP contribution in [-0.4, -0.2) is 10.2 Å². The summed E-state index contributed by atoms with van der Waals surface area (Å²) in [4.78, 5) is 0. The minimum atomic E-state index is 0.212. The van der Waals surface area contributed by atoms with E-state index in [9.17, 15) is 10.2 Å². The molecule has 2 rings (SSSR count). The van der Waals surface area contributed by atoms with Crippen LogP contribution in [0.15, 0.2) is 30.3 Å². The van der Waals surface area contributed by atoms with Crippen LogP contribution in [0.3, 0.4) is 0 Å². The van der Waals surface area contributed by atoms with E-state index in [0.717, 1.165) is 36.0 Å². The van der Waals surface area contributed by atoms with Crippen LogP contribution in [0.4, 0.5) is 0 Å². The van der Waals surface area contributed by atoms with E-state index in [1.807, 2.05) is 12.1 Å². The van der Waals surface area contributed by atoms with Crippen LogP contribution >= 0.6 is 0 Å². The van der Waals surface area contributed by atoms with E-state index >= 15 is 0 Å². The molecule has 0 saturated heterocycles. The molecule has 106 valence electrons. The molecule has 2 nitrogen and oxygen atoms in total. The van der Waals surface area contributed by atoms with Crippen LogP contribution in [0.25, 0.3) is 11.1 Å². The standard InChI is InChI=1S/C18H22O2/c1-4-12-11-13(5-2)17(18(20)14(12)6-3)15-9-7-8-10-16(15)19/h7-11,19-20H,4-6H2,1-3H3. The van der Waals surface area contributed by atoms with Crippen LogP contribution in [0.1, 0.15) is 37.5 Å². The van der Waals surface area contributed by atoms with Gasteiger partial charge in [0.1, 0.15) is 11.5 Å². The summed E-state index contributed by atoms with van der Waals surface area (Å²) < 4.78 is 0. The lowest BCUT2D eigenvalue weighted by molar-refractivity contribution is 0.464. The van der Waals surface area contributed by atoms with E-state index in [1.165, 1.54) is 5.56 Å². The summed E-state index contributed by atoms with van der Waals surface area (Å²) in [5.74, 6) is 0.536. The summed E-state index contributed by atoms with van der Waals surface area (Å²) >= 11 is 0. The van der Waals surface area contributed by atoms with Crippen molar-refractivity contribution in [3.05, 3.63) is 47.0 Å². The van der Waals surface area contributed by atoms with Gasteiger partial charge in [-0.15, -0.1) is 0 Å². The molecule has 0 aliphatic carbocycles. The number of aromatic hydroxyl groups is 2. The van der Waals surface area contributed by atoms with Crippen molar-refractivity contribution in [1.82, 2.24) is 0 Å². The highest BCUT2D eigenvalue weighted by Crippen LogP contribution is 2.41. The zero-order valence-electron chi connectivity index (χ0n) is 12.4. The highest BCUT2D eigenvalue weighted by molar-refractivity contribution is 5.80. The zero-order chi connectivity index (χ0) is 14.7. The number of benzene rings is 2. The SMILES string of the molecule is CCc1cc(CC)c(-c2ccccc2O)c(O)c1CC. The van der Waals surface area contributed by atoms with Crippen LogP contribution in [0.2, 0.25) is 0 Å². The van der Waals surface area contributed by atoms with Crippen LogP contribution in [0.5, 0.6) is 11.5 Å². The van der Waals surface area contributed by atoms with E-state index < -0.39 is 0 Å². The maximum atomic E-state index is 10.7. The number of phenols is 2. The fourth-order valence-corrected chi connectivity index (χ4v) is 2.80. The summed E-state index contributed by atoms with van der Waals surface area (Å²) in [6.07, 6.45) is 2.53. The lowest BCUT2D eigenvalue weighted by Crippen LogP contribution is -1.99. The molecule has 0 unspecified atom stereocenters. The predicted molar refractivity (Wildman–Crippen MR) is 83.3 cm³/mol. The molecule has 0 fully saturated rings.